The van der Waals surface area contributed by atoms with Crippen molar-refractivity contribution in [2.45, 2.75) is 31.8 Å². The summed E-state index contributed by atoms with van der Waals surface area (Å²) in [6.45, 7) is 1.54. The van der Waals surface area contributed by atoms with Gasteiger partial charge in [0.1, 0.15) is 0 Å². The molecule has 1 aromatic heterocycles. The van der Waals surface area contributed by atoms with Gasteiger partial charge in [0.15, 0.2) is 17.1 Å². The Morgan fingerprint density at radius 1 is 1.42 bits per heavy atom. The highest BCUT2D eigenvalue weighted by atomic mass is 35.5. The molecule has 1 amide bonds. The van der Waals surface area contributed by atoms with E-state index in [2.05, 4.69) is 0 Å². The van der Waals surface area contributed by atoms with Crippen LogP contribution in [-0.2, 0) is 4.74 Å². The summed E-state index contributed by atoms with van der Waals surface area (Å²) in [5, 5.41) is 1.31. The summed E-state index contributed by atoms with van der Waals surface area (Å²) in [7, 11) is 3.33. The minimum absolute atomic E-state index is 0.142. The third kappa shape index (κ3) is 3.68. The summed E-state index contributed by atoms with van der Waals surface area (Å²) in [6.07, 6.45) is 4.53. The second-order valence-corrected chi connectivity index (χ2v) is 6.58. The van der Waals surface area contributed by atoms with Gasteiger partial charge in [-0.15, -0.1) is 0 Å². The Labute approximate surface area is 146 Å². The number of hydrogen-bond acceptors (Lipinski definition) is 4. The van der Waals surface area contributed by atoms with E-state index < -0.39 is 0 Å². The maximum Gasteiger partial charge on any atom is 0.289 e. The average Bonchev–Trinajstić information content (AvgIpc) is 3.22. The zero-order valence-electron chi connectivity index (χ0n) is 14.0. The van der Waals surface area contributed by atoms with Gasteiger partial charge in [-0.3, -0.25) is 4.79 Å². The molecule has 1 aliphatic rings. The molecular weight excluding hydrogens is 330 g/mol. The zero-order valence-corrected chi connectivity index (χ0v) is 14.8. The summed E-state index contributed by atoms with van der Waals surface area (Å²) in [4.78, 5) is 14.2. The van der Waals surface area contributed by atoms with Crippen LogP contribution >= 0.6 is 11.6 Å². The highest BCUT2D eigenvalue weighted by Gasteiger charge is 2.20. The van der Waals surface area contributed by atoms with E-state index in [1.54, 1.807) is 37.3 Å². The first-order chi connectivity index (χ1) is 11.6. The Bertz CT molecular complexity index is 721. The Morgan fingerprint density at radius 3 is 2.96 bits per heavy atom. The van der Waals surface area contributed by atoms with Gasteiger partial charge in [0.25, 0.3) is 5.91 Å². The molecule has 5 nitrogen and oxygen atoms in total. The molecule has 1 atom stereocenters. The largest absolute Gasteiger partial charge is 0.493 e. The Morgan fingerprint density at radius 2 is 2.25 bits per heavy atom. The lowest BCUT2D eigenvalue weighted by Gasteiger charge is -2.16. The molecule has 1 saturated heterocycles. The first kappa shape index (κ1) is 17.1. The number of halogens is 1. The molecule has 0 bridgehead atoms. The van der Waals surface area contributed by atoms with Crippen molar-refractivity contribution in [2.24, 2.45) is 0 Å². The highest BCUT2D eigenvalue weighted by Crippen LogP contribution is 2.32. The van der Waals surface area contributed by atoms with E-state index in [0.717, 1.165) is 37.7 Å². The van der Waals surface area contributed by atoms with Crippen molar-refractivity contribution in [3.8, 4) is 5.75 Å². The molecule has 2 heterocycles. The number of amides is 1. The first-order valence-corrected chi connectivity index (χ1v) is 8.60. The van der Waals surface area contributed by atoms with Crippen LogP contribution in [0, 0.1) is 0 Å². The number of ether oxygens (including phenoxy) is 2. The fourth-order valence-corrected chi connectivity index (χ4v) is 3.28. The molecule has 3 rings (SSSR count). The number of methoxy groups -OCH3 is 1. The Balaban J connectivity index is 1.66. The molecule has 0 spiro atoms. The Kier molecular flexibility index (Phi) is 5.31. The van der Waals surface area contributed by atoms with Crippen LogP contribution in [0.1, 0.15) is 36.2 Å². The lowest BCUT2D eigenvalue weighted by Crippen LogP contribution is -2.28. The van der Waals surface area contributed by atoms with E-state index >= 15 is 0 Å². The summed E-state index contributed by atoms with van der Waals surface area (Å²) >= 11 is 6.06. The topological polar surface area (TPSA) is 51.9 Å². The summed E-state index contributed by atoms with van der Waals surface area (Å²) in [5.74, 6) is 0.680. The van der Waals surface area contributed by atoms with E-state index in [1.165, 1.54) is 0 Å². The fraction of sp³-hybridized carbons (Fsp3) is 0.500. The van der Waals surface area contributed by atoms with Crippen LogP contribution in [0.3, 0.4) is 0 Å². The van der Waals surface area contributed by atoms with Crippen molar-refractivity contribution >= 4 is 28.5 Å². The maximum absolute atomic E-state index is 12.6. The first-order valence-electron chi connectivity index (χ1n) is 8.22. The molecule has 2 aromatic rings. The van der Waals surface area contributed by atoms with Crippen LogP contribution < -0.4 is 4.74 Å². The van der Waals surface area contributed by atoms with Crippen molar-refractivity contribution in [3.63, 3.8) is 0 Å². The van der Waals surface area contributed by atoms with E-state index in [1.807, 2.05) is 0 Å². The molecule has 24 heavy (non-hydrogen) atoms. The summed E-state index contributed by atoms with van der Waals surface area (Å²) in [6, 6.07) is 5.15. The molecule has 130 valence electrons. The second kappa shape index (κ2) is 7.45. The van der Waals surface area contributed by atoms with Gasteiger partial charge in [-0.05, 0) is 37.8 Å². The number of nitrogens with zero attached hydrogens (tertiary/aromatic N) is 1. The molecule has 0 N–H and O–H groups in total. The van der Waals surface area contributed by atoms with Crippen molar-refractivity contribution in [2.75, 3.05) is 27.3 Å². The molecule has 0 aliphatic carbocycles. The predicted octanol–water partition coefficient (Wildman–Crippen LogP) is 4.13. The number of hydrogen-bond donors (Lipinski definition) is 0. The average molecular weight is 352 g/mol. The minimum atomic E-state index is -0.142. The molecular formula is C18H22ClNO4. The number of rotatable bonds is 6. The van der Waals surface area contributed by atoms with Crippen molar-refractivity contribution < 1.29 is 18.7 Å². The van der Waals surface area contributed by atoms with Gasteiger partial charge in [-0.1, -0.05) is 11.6 Å². The van der Waals surface area contributed by atoms with E-state index in [-0.39, 0.29) is 5.91 Å². The summed E-state index contributed by atoms with van der Waals surface area (Å²) in [5.41, 5.74) is 0.540. The van der Waals surface area contributed by atoms with Gasteiger partial charge in [-0.2, -0.15) is 0 Å². The van der Waals surface area contributed by atoms with Gasteiger partial charge in [0, 0.05) is 36.7 Å². The molecule has 1 fully saturated rings. The molecule has 0 radical (unpaired) electrons. The summed E-state index contributed by atoms with van der Waals surface area (Å²) < 4.78 is 16.6. The molecule has 0 saturated carbocycles. The van der Waals surface area contributed by atoms with Crippen molar-refractivity contribution in [1.82, 2.24) is 4.90 Å². The van der Waals surface area contributed by atoms with Crippen LogP contribution in [0.5, 0.6) is 5.75 Å². The third-order valence-electron chi connectivity index (χ3n) is 4.37. The van der Waals surface area contributed by atoms with Crippen LogP contribution in [0.4, 0.5) is 0 Å². The maximum atomic E-state index is 12.6. The van der Waals surface area contributed by atoms with Crippen LogP contribution in [-0.4, -0.2) is 44.2 Å². The molecule has 1 aliphatic heterocycles. The van der Waals surface area contributed by atoms with Crippen LogP contribution in [0.15, 0.2) is 22.6 Å². The minimum Gasteiger partial charge on any atom is -0.493 e. The fourth-order valence-electron chi connectivity index (χ4n) is 3.06. The van der Waals surface area contributed by atoms with Crippen LogP contribution in [0.2, 0.25) is 5.02 Å². The van der Waals surface area contributed by atoms with E-state index in [0.29, 0.717) is 34.8 Å². The molecule has 0 unspecified atom stereocenters. The zero-order chi connectivity index (χ0) is 17.1. The van der Waals surface area contributed by atoms with E-state index in [4.69, 9.17) is 25.5 Å². The quantitative estimate of drug-likeness (QED) is 0.785. The number of furan rings is 1. The van der Waals surface area contributed by atoms with E-state index in [9.17, 15) is 4.79 Å². The van der Waals surface area contributed by atoms with Crippen LogP contribution in [0.25, 0.3) is 11.0 Å². The number of carbonyl (C=O) groups excluding carboxylic acids is 1. The smallest absolute Gasteiger partial charge is 0.289 e. The van der Waals surface area contributed by atoms with Gasteiger partial charge < -0.3 is 18.8 Å². The molecule has 6 heteroatoms. The highest BCUT2D eigenvalue weighted by molar-refractivity contribution is 6.31. The molecule has 1 aromatic carbocycles. The van der Waals surface area contributed by atoms with Gasteiger partial charge in [0.05, 0.1) is 13.2 Å². The van der Waals surface area contributed by atoms with Gasteiger partial charge >= 0.3 is 0 Å². The van der Waals surface area contributed by atoms with Crippen molar-refractivity contribution in [1.29, 1.82) is 0 Å². The van der Waals surface area contributed by atoms with Gasteiger partial charge in [-0.25, -0.2) is 0 Å². The lowest BCUT2D eigenvalue weighted by molar-refractivity contribution is 0.0736. The third-order valence-corrected chi connectivity index (χ3v) is 4.59. The van der Waals surface area contributed by atoms with Crippen molar-refractivity contribution in [3.05, 3.63) is 29.0 Å². The number of carbonyl (C=O) groups is 1. The lowest BCUT2D eigenvalue weighted by atomic mass is 10.1. The normalized spacial score (nSPS) is 17.4. The monoisotopic (exact) mass is 351 g/mol. The Hall–Kier alpha value is -1.72. The number of benzene rings is 1. The standard InChI is InChI=1S/C18H22ClNO4/c1-20(7-3-5-14-6-4-8-23-14)18(21)16-10-12-9-13(19)11-15(22-2)17(12)24-16/h9-11,14H,3-8H2,1-2H3/t14-/m1/s1. The van der Waals surface area contributed by atoms with Gasteiger partial charge in [0.2, 0.25) is 0 Å². The number of fused-ring (bicyclic) bond motifs is 1. The SMILES string of the molecule is COc1cc(Cl)cc2cc(C(=O)N(C)CCC[C@@H]3CCCO3)oc12. The predicted molar refractivity (Wildman–Crippen MR) is 92.9 cm³/mol. The second-order valence-electron chi connectivity index (χ2n) is 6.14.